The van der Waals surface area contributed by atoms with Crippen molar-refractivity contribution >= 4 is 29.2 Å². The van der Waals surface area contributed by atoms with Crippen LogP contribution >= 0.6 is 0 Å². The van der Waals surface area contributed by atoms with E-state index in [0.717, 1.165) is 70.0 Å². The second-order valence-electron chi connectivity index (χ2n) is 15.5. The molecule has 0 unspecified atom stereocenters. The highest BCUT2D eigenvalue weighted by Gasteiger charge is 2.62. The number of carbonyl (C=O) groups excluding carboxylic acids is 3. The zero-order valence-electron chi connectivity index (χ0n) is 31.0. The fraction of sp³-hybridized carbons (Fsp3) is 0.659. The maximum absolute atomic E-state index is 13.4. The molecule has 0 radical (unpaired) electrons. The normalized spacial score (nSPS) is 25.1. The van der Waals surface area contributed by atoms with Crippen molar-refractivity contribution in [3.8, 4) is 0 Å². The van der Waals surface area contributed by atoms with Gasteiger partial charge in [-0.3, -0.25) is 19.2 Å². The molecule has 0 amide bonds. The maximum Gasteiger partial charge on any atom is 0.320 e. The van der Waals surface area contributed by atoms with E-state index < -0.39 is 29.0 Å². The largest absolute Gasteiger partial charge is 0.480 e. The SMILES string of the molecule is CC(=O)O[C@]1(C(C)=O)CC[C@@H](C)[C@]1(C)C[C@@H](C1=C2CCC(=O)C=C2CCC1)c1ccc(N(C)CCCCCCN[C@H](C(=O)O)C(C)C)cc1. The van der Waals surface area contributed by atoms with Crippen LogP contribution in [0, 0.1) is 17.3 Å². The third-order valence-electron chi connectivity index (χ3n) is 12.0. The Morgan fingerprint density at radius 1 is 1.02 bits per heavy atom. The third-order valence-corrected chi connectivity index (χ3v) is 12.0. The Kier molecular flexibility index (Phi) is 13.1. The molecule has 0 bridgehead atoms. The van der Waals surface area contributed by atoms with Crippen molar-refractivity contribution in [2.45, 2.75) is 136 Å². The minimum atomic E-state index is -1.15. The number of fused-ring (bicyclic) bond motifs is 1. The number of nitrogens with one attached hydrogen (secondary N) is 1. The standard InChI is InChI=1S/C41H60N2O6/c1-27(2)38(39(47)48)42-23-10-8-9-11-24-43(7)33-17-15-31(16-18-33)37(36-14-12-13-32-25-34(46)19-20-35(32)36)26-40(6)28(3)21-22-41(40,29(4)44)49-30(5)45/h15-18,25,27-28,37-38,42H,8-14,19-24,26H2,1-7H3,(H,47,48)/t28-,37-,38+,40+,41+/m1/s1. The summed E-state index contributed by atoms with van der Waals surface area (Å²) < 4.78 is 6.04. The number of hydrogen-bond acceptors (Lipinski definition) is 7. The zero-order valence-corrected chi connectivity index (χ0v) is 31.0. The van der Waals surface area contributed by atoms with Crippen molar-refractivity contribution in [1.82, 2.24) is 5.32 Å². The number of rotatable bonds is 17. The molecule has 4 rings (SSSR count). The van der Waals surface area contributed by atoms with E-state index in [1.54, 1.807) is 6.92 Å². The van der Waals surface area contributed by atoms with E-state index in [1.165, 1.54) is 29.2 Å². The van der Waals surface area contributed by atoms with Gasteiger partial charge in [-0.2, -0.15) is 0 Å². The Labute approximate surface area is 294 Å². The van der Waals surface area contributed by atoms with Gasteiger partial charge in [0.1, 0.15) is 6.04 Å². The monoisotopic (exact) mass is 676 g/mol. The molecule has 270 valence electrons. The number of carboxylic acid groups (broad SMARTS) is 1. The molecule has 1 saturated carbocycles. The van der Waals surface area contributed by atoms with Crippen molar-refractivity contribution in [2.75, 3.05) is 25.0 Å². The van der Waals surface area contributed by atoms with Crippen LogP contribution in [0.5, 0.6) is 0 Å². The molecule has 8 heteroatoms. The van der Waals surface area contributed by atoms with E-state index in [0.29, 0.717) is 25.8 Å². The maximum atomic E-state index is 13.4. The second kappa shape index (κ2) is 16.6. The average molecular weight is 677 g/mol. The molecule has 5 atom stereocenters. The van der Waals surface area contributed by atoms with E-state index in [9.17, 15) is 24.3 Å². The molecule has 3 aliphatic carbocycles. The number of carbonyl (C=O) groups is 4. The van der Waals surface area contributed by atoms with Crippen LogP contribution in [0.25, 0.3) is 0 Å². The van der Waals surface area contributed by atoms with Crippen molar-refractivity contribution in [2.24, 2.45) is 17.3 Å². The number of esters is 1. The highest BCUT2D eigenvalue weighted by atomic mass is 16.6. The predicted molar refractivity (Wildman–Crippen MR) is 195 cm³/mol. The first-order chi connectivity index (χ1) is 23.2. The van der Waals surface area contributed by atoms with E-state index in [2.05, 4.69) is 55.4 Å². The first kappa shape index (κ1) is 38.5. The molecule has 0 aromatic heterocycles. The molecular formula is C41H60N2O6. The fourth-order valence-corrected chi connectivity index (χ4v) is 8.86. The smallest absolute Gasteiger partial charge is 0.320 e. The Hall–Kier alpha value is -3.26. The lowest BCUT2D eigenvalue weighted by molar-refractivity contribution is -0.179. The van der Waals surface area contributed by atoms with E-state index in [1.807, 2.05) is 19.9 Å². The molecule has 1 fully saturated rings. The number of benzene rings is 1. The summed E-state index contributed by atoms with van der Waals surface area (Å²) in [5.74, 6) is -0.784. The van der Waals surface area contributed by atoms with Crippen molar-refractivity contribution < 1.29 is 29.0 Å². The number of ketones is 2. The number of ether oxygens (including phenoxy) is 1. The van der Waals surface area contributed by atoms with Gasteiger partial charge in [0.15, 0.2) is 17.2 Å². The number of unbranched alkanes of at least 4 members (excludes halogenated alkanes) is 3. The topological polar surface area (TPSA) is 113 Å². The van der Waals surface area contributed by atoms with E-state index in [-0.39, 0.29) is 29.3 Å². The summed E-state index contributed by atoms with van der Waals surface area (Å²) in [5.41, 5.74) is 4.53. The van der Waals surface area contributed by atoms with Gasteiger partial charge in [-0.1, -0.05) is 58.2 Å². The summed E-state index contributed by atoms with van der Waals surface area (Å²) in [5, 5.41) is 12.5. The Bertz CT molecular complexity index is 1430. The van der Waals surface area contributed by atoms with Gasteiger partial charge in [0.25, 0.3) is 0 Å². The lowest BCUT2D eigenvalue weighted by atomic mass is 9.61. The predicted octanol–water partition coefficient (Wildman–Crippen LogP) is 7.95. The third kappa shape index (κ3) is 8.73. The number of nitrogens with zero attached hydrogens (tertiary/aromatic N) is 1. The molecule has 49 heavy (non-hydrogen) atoms. The van der Waals surface area contributed by atoms with Crippen LogP contribution in [0.3, 0.4) is 0 Å². The number of allylic oxidation sites excluding steroid dienone is 4. The van der Waals surface area contributed by atoms with Crippen LogP contribution in [0.15, 0.2) is 47.1 Å². The summed E-state index contributed by atoms with van der Waals surface area (Å²) in [6, 6.07) is 8.37. The Morgan fingerprint density at radius 3 is 2.35 bits per heavy atom. The van der Waals surface area contributed by atoms with Gasteiger partial charge in [0.05, 0.1) is 0 Å². The fourth-order valence-electron chi connectivity index (χ4n) is 8.86. The first-order valence-electron chi connectivity index (χ1n) is 18.6. The minimum Gasteiger partial charge on any atom is -0.480 e. The number of carboxylic acids is 1. The van der Waals surface area contributed by atoms with Crippen LogP contribution < -0.4 is 10.2 Å². The molecular weight excluding hydrogens is 616 g/mol. The highest BCUT2D eigenvalue weighted by molar-refractivity contribution is 5.93. The van der Waals surface area contributed by atoms with Crippen LogP contribution in [0.1, 0.15) is 130 Å². The molecule has 3 aliphatic rings. The Balaban J connectivity index is 1.52. The molecule has 0 saturated heterocycles. The van der Waals surface area contributed by atoms with Gasteiger partial charge in [0.2, 0.25) is 0 Å². The van der Waals surface area contributed by atoms with Gasteiger partial charge in [-0.25, -0.2) is 0 Å². The molecule has 8 nitrogen and oxygen atoms in total. The zero-order chi connectivity index (χ0) is 35.9. The van der Waals surface area contributed by atoms with E-state index in [4.69, 9.17) is 4.74 Å². The average Bonchev–Trinajstić information content (AvgIpc) is 3.29. The van der Waals surface area contributed by atoms with Gasteiger partial charge in [0, 0.05) is 44.0 Å². The summed E-state index contributed by atoms with van der Waals surface area (Å²) >= 11 is 0. The number of Topliss-reactive ketones (excluding diaryl/α,β-unsaturated/α-hetero) is 1. The van der Waals surface area contributed by atoms with Crippen molar-refractivity contribution in [3.05, 3.63) is 52.6 Å². The lowest BCUT2D eigenvalue weighted by Crippen LogP contribution is -2.53. The first-order valence-corrected chi connectivity index (χ1v) is 18.6. The molecule has 2 N–H and O–H groups in total. The highest BCUT2D eigenvalue weighted by Crippen LogP contribution is 2.59. The van der Waals surface area contributed by atoms with Crippen molar-refractivity contribution in [3.63, 3.8) is 0 Å². The summed E-state index contributed by atoms with van der Waals surface area (Å²) in [7, 11) is 2.12. The summed E-state index contributed by atoms with van der Waals surface area (Å²) in [4.78, 5) is 51.9. The molecule has 0 spiro atoms. The van der Waals surface area contributed by atoms with Gasteiger partial charge in [-0.15, -0.1) is 0 Å². The summed E-state index contributed by atoms with van der Waals surface area (Å²) in [6.07, 6.45) is 12.2. The Morgan fingerprint density at radius 2 is 1.71 bits per heavy atom. The van der Waals surface area contributed by atoms with Crippen LogP contribution in [0.4, 0.5) is 5.69 Å². The molecule has 0 heterocycles. The van der Waals surface area contributed by atoms with Gasteiger partial charge in [-0.05, 0) is 118 Å². The number of aliphatic carboxylic acids is 1. The lowest BCUT2D eigenvalue weighted by Gasteiger charge is -2.46. The van der Waals surface area contributed by atoms with E-state index >= 15 is 0 Å². The number of anilines is 1. The molecule has 1 aromatic rings. The van der Waals surface area contributed by atoms with Crippen LogP contribution in [-0.4, -0.2) is 60.4 Å². The summed E-state index contributed by atoms with van der Waals surface area (Å²) in [6.45, 7) is 12.8. The second-order valence-corrected chi connectivity index (χ2v) is 15.5. The van der Waals surface area contributed by atoms with Gasteiger partial charge < -0.3 is 20.1 Å². The molecule has 1 aromatic carbocycles. The van der Waals surface area contributed by atoms with Crippen molar-refractivity contribution in [1.29, 1.82) is 0 Å². The van der Waals surface area contributed by atoms with Crippen LogP contribution in [-0.2, 0) is 23.9 Å². The minimum absolute atomic E-state index is 0.0381. The van der Waals surface area contributed by atoms with Gasteiger partial charge >= 0.3 is 11.9 Å². The van der Waals surface area contributed by atoms with Crippen LogP contribution in [0.2, 0.25) is 0 Å². The quantitative estimate of drug-likeness (QED) is 0.126. The number of hydrogen-bond donors (Lipinski definition) is 2. The molecule has 0 aliphatic heterocycles.